The number of aromatic nitrogens is 2. The van der Waals surface area contributed by atoms with Crippen LogP contribution in [-0.2, 0) is 10.3 Å². The van der Waals surface area contributed by atoms with Crippen LogP contribution < -0.4 is 11.1 Å². The van der Waals surface area contributed by atoms with Crippen molar-refractivity contribution in [2.24, 2.45) is 16.6 Å². The van der Waals surface area contributed by atoms with Crippen LogP contribution in [0, 0.1) is 11.7 Å². The number of aliphatic imine (C=N–C) groups is 1. The molecule has 2 atom stereocenters. The number of carbonyl (C=O) groups is 1. The van der Waals surface area contributed by atoms with Crippen LogP contribution in [-0.4, -0.2) is 40.0 Å². The minimum absolute atomic E-state index is 0.0481. The Bertz CT molecular complexity index is 972. The highest BCUT2D eigenvalue weighted by molar-refractivity contribution is 8.13. The number of thioether (sulfide) groups is 1. The van der Waals surface area contributed by atoms with Gasteiger partial charge < -0.3 is 15.8 Å². The van der Waals surface area contributed by atoms with Crippen molar-refractivity contribution >= 4 is 28.5 Å². The van der Waals surface area contributed by atoms with Crippen molar-refractivity contribution in [2.75, 3.05) is 24.3 Å². The van der Waals surface area contributed by atoms with Gasteiger partial charge >= 0.3 is 0 Å². The van der Waals surface area contributed by atoms with E-state index < -0.39 is 29.4 Å². The fourth-order valence-electron chi connectivity index (χ4n) is 3.39. The molecular formula is C18H16F3N5O2S. The topological polar surface area (TPSA) is 102 Å². The molecule has 0 bridgehead atoms. The van der Waals surface area contributed by atoms with Gasteiger partial charge in [-0.3, -0.25) is 9.78 Å². The van der Waals surface area contributed by atoms with E-state index in [4.69, 9.17) is 10.5 Å². The highest BCUT2D eigenvalue weighted by Crippen LogP contribution is 2.45. The molecule has 1 aromatic heterocycles. The van der Waals surface area contributed by atoms with Crippen LogP contribution in [0.2, 0.25) is 0 Å². The van der Waals surface area contributed by atoms with Crippen molar-refractivity contribution in [3.63, 3.8) is 0 Å². The third-order valence-electron chi connectivity index (χ3n) is 4.88. The molecule has 29 heavy (non-hydrogen) atoms. The zero-order valence-electron chi connectivity index (χ0n) is 14.9. The third kappa shape index (κ3) is 3.67. The molecule has 0 saturated carbocycles. The van der Waals surface area contributed by atoms with Gasteiger partial charge in [0, 0.05) is 22.9 Å². The highest BCUT2D eigenvalue weighted by atomic mass is 32.2. The van der Waals surface area contributed by atoms with Crippen molar-refractivity contribution in [1.29, 1.82) is 0 Å². The maximum atomic E-state index is 14.7. The van der Waals surface area contributed by atoms with E-state index in [1.807, 2.05) is 0 Å². The Kier molecular flexibility index (Phi) is 5.17. The summed E-state index contributed by atoms with van der Waals surface area (Å²) in [7, 11) is 0. The number of nitrogens with two attached hydrogens (primary N) is 1. The molecule has 3 N–H and O–H groups in total. The molecule has 2 unspecified atom stereocenters. The lowest BCUT2D eigenvalue weighted by Crippen LogP contribution is -2.40. The average molecular weight is 423 g/mol. The van der Waals surface area contributed by atoms with Gasteiger partial charge in [-0.05, 0) is 18.2 Å². The number of halogens is 3. The van der Waals surface area contributed by atoms with Crippen molar-refractivity contribution in [2.45, 2.75) is 12.0 Å². The van der Waals surface area contributed by atoms with Crippen molar-refractivity contribution in [3.05, 3.63) is 53.4 Å². The van der Waals surface area contributed by atoms with E-state index in [2.05, 4.69) is 20.3 Å². The molecule has 1 fully saturated rings. The summed E-state index contributed by atoms with van der Waals surface area (Å²) in [5.74, 6) is -0.539. The van der Waals surface area contributed by atoms with E-state index in [1.54, 1.807) is 0 Å². The van der Waals surface area contributed by atoms with Gasteiger partial charge in [-0.25, -0.2) is 23.1 Å². The first-order valence-corrected chi connectivity index (χ1v) is 9.65. The number of nitrogens with one attached hydrogen (secondary N) is 1. The Morgan fingerprint density at radius 3 is 2.90 bits per heavy atom. The summed E-state index contributed by atoms with van der Waals surface area (Å²) >= 11 is 1.40. The molecule has 1 amide bonds. The molecule has 4 rings (SSSR count). The number of benzene rings is 1. The first kappa shape index (κ1) is 19.6. The average Bonchev–Trinajstić information content (AvgIpc) is 3.13. The van der Waals surface area contributed by atoms with E-state index in [-0.39, 0.29) is 23.8 Å². The van der Waals surface area contributed by atoms with Crippen LogP contribution in [0.25, 0.3) is 0 Å². The lowest BCUT2D eigenvalue weighted by Gasteiger charge is -2.34. The fourth-order valence-corrected chi connectivity index (χ4v) is 4.36. The number of alkyl halides is 2. The maximum Gasteiger partial charge on any atom is 0.281 e. The van der Waals surface area contributed by atoms with Crippen LogP contribution in [0.3, 0.4) is 0 Å². The number of amidine groups is 1. The minimum Gasteiger partial charge on any atom is -0.379 e. The normalized spacial score (nSPS) is 23.6. The molecule has 2 aromatic rings. The number of amides is 1. The van der Waals surface area contributed by atoms with Crippen LogP contribution in [0.4, 0.5) is 18.9 Å². The number of rotatable bonds is 4. The molecule has 0 spiro atoms. The first-order chi connectivity index (χ1) is 13.9. The monoisotopic (exact) mass is 423 g/mol. The van der Waals surface area contributed by atoms with Gasteiger partial charge in [-0.1, -0.05) is 11.8 Å². The Morgan fingerprint density at radius 1 is 1.34 bits per heavy atom. The van der Waals surface area contributed by atoms with E-state index in [0.29, 0.717) is 23.2 Å². The third-order valence-corrected chi connectivity index (χ3v) is 5.83. The number of carbonyl (C=O) groups excluding carboxylic acids is 1. The highest BCUT2D eigenvalue weighted by Gasteiger charge is 2.49. The van der Waals surface area contributed by atoms with Gasteiger partial charge in [0.1, 0.15) is 22.7 Å². The number of ether oxygens (including phenoxy) is 1. The molecule has 1 saturated heterocycles. The predicted octanol–water partition coefficient (Wildman–Crippen LogP) is 2.71. The smallest absolute Gasteiger partial charge is 0.281 e. The van der Waals surface area contributed by atoms with Crippen molar-refractivity contribution in [1.82, 2.24) is 9.97 Å². The zero-order chi connectivity index (χ0) is 20.6. The molecule has 1 aromatic carbocycles. The molecule has 11 heteroatoms. The van der Waals surface area contributed by atoms with Crippen LogP contribution in [0.15, 0.2) is 35.6 Å². The minimum atomic E-state index is -2.78. The van der Waals surface area contributed by atoms with Gasteiger partial charge in [-0.2, -0.15) is 0 Å². The standard InChI is InChI=1S/C18H16F3N5O2S/c19-12-2-1-10(25-16(27)14-5-23-13(4-24-14)15(20)21)3-11(12)18-8-28-6-9(18)7-29-17(22)26-18/h1-5,9,15H,6-8H2,(H2,22,26)(H,25,27). The quantitative estimate of drug-likeness (QED) is 0.784. The lowest BCUT2D eigenvalue weighted by atomic mass is 9.81. The lowest BCUT2D eigenvalue weighted by molar-refractivity contribution is 0.102. The summed E-state index contributed by atoms with van der Waals surface area (Å²) in [6.07, 6.45) is -0.974. The fraction of sp³-hybridized carbons (Fsp3) is 0.333. The largest absolute Gasteiger partial charge is 0.379 e. The van der Waals surface area contributed by atoms with Gasteiger partial charge in [0.25, 0.3) is 12.3 Å². The number of hydrogen-bond acceptors (Lipinski definition) is 7. The number of nitrogens with zero attached hydrogens (tertiary/aromatic N) is 3. The van der Waals surface area contributed by atoms with Crippen molar-refractivity contribution < 1.29 is 22.7 Å². The SMILES string of the molecule is NC1=NC2(c3cc(NC(=O)c4cnc(C(F)F)cn4)ccc3F)COCC2CS1. The van der Waals surface area contributed by atoms with Crippen molar-refractivity contribution in [3.8, 4) is 0 Å². The van der Waals surface area contributed by atoms with Gasteiger partial charge in [-0.15, -0.1) is 0 Å². The van der Waals surface area contributed by atoms with E-state index >= 15 is 0 Å². The van der Waals surface area contributed by atoms with E-state index in [9.17, 15) is 18.0 Å². The van der Waals surface area contributed by atoms with Gasteiger partial charge in [0.05, 0.1) is 25.6 Å². The van der Waals surface area contributed by atoms with E-state index in [1.165, 1.54) is 30.0 Å². The molecule has 0 aliphatic carbocycles. The molecule has 152 valence electrons. The van der Waals surface area contributed by atoms with Crippen LogP contribution in [0.5, 0.6) is 0 Å². The summed E-state index contributed by atoms with van der Waals surface area (Å²) in [6, 6.07) is 4.11. The summed E-state index contributed by atoms with van der Waals surface area (Å²) < 4.78 is 45.4. The molecular weight excluding hydrogens is 407 g/mol. The molecule has 3 heterocycles. The summed E-state index contributed by atoms with van der Waals surface area (Å²) in [4.78, 5) is 24.1. The first-order valence-electron chi connectivity index (χ1n) is 8.66. The van der Waals surface area contributed by atoms with E-state index in [0.717, 1.165) is 12.4 Å². The predicted molar refractivity (Wildman–Crippen MR) is 101 cm³/mol. The molecule has 2 aliphatic heterocycles. The van der Waals surface area contributed by atoms with Crippen LogP contribution >= 0.6 is 11.8 Å². The van der Waals surface area contributed by atoms with Gasteiger partial charge in [0.2, 0.25) is 0 Å². The van der Waals surface area contributed by atoms with Crippen LogP contribution in [0.1, 0.15) is 28.2 Å². The van der Waals surface area contributed by atoms with Gasteiger partial charge in [0.15, 0.2) is 5.17 Å². The Morgan fingerprint density at radius 2 is 2.17 bits per heavy atom. The second kappa shape index (κ2) is 7.64. The molecule has 0 radical (unpaired) electrons. The maximum absolute atomic E-state index is 14.7. The number of hydrogen-bond donors (Lipinski definition) is 2. The second-order valence-corrected chi connectivity index (χ2v) is 7.71. The summed E-state index contributed by atoms with van der Waals surface area (Å²) in [5.41, 5.74) is 4.86. The summed E-state index contributed by atoms with van der Waals surface area (Å²) in [6.45, 7) is 0.625. The molecule has 7 nitrogen and oxygen atoms in total. The zero-order valence-corrected chi connectivity index (χ0v) is 15.8. The second-order valence-electron chi connectivity index (χ2n) is 6.67. The Hall–Kier alpha value is -2.66. The number of anilines is 1. The Balaban J connectivity index is 1.62. The summed E-state index contributed by atoms with van der Waals surface area (Å²) in [5, 5.41) is 2.94. The molecule has 2 aliphatic rings. The number of fused-ring (bicyclic) bond motifs is 1. The Labute approximate surface area is 168 Å².